The van der Waals surface area contributed by atoms with Crippen LogP contribution in [0.4, 0.5) is 4.79 Å². The second-order valence-electron chi connectivity index (χ2n) is 6.31. The molecule has 0 saturated carbocycles. The van der Waals surface area contributed by atoms with Crippen molar-refractivity contribution >= 4 is 23.9 Å². The number of carbonyl (C=O) groups is 4. The highest BCUT2D eigenvalue weighted by Crippen LogP contribution is 2.09. The lowest BCUT2D eigenvalue weighted by molar-refractivity contribution is -0.152. The van der Waals surface area contributed by atoms with Gasteiger partial charge in [-0.25, -0.2) is 14.4 Å². The van der Waals surface area contributed by atoms with E-state index in [4.69, 9.17) is 10.5 Å². The Morgan fingerprint density at radius 2 is 1.71 bits per heavy atom. The maximum Gasteiger partial charge on any atom is 0.329 e. The van der Waals surface area contributed by atoms with E-state index in [0.717, 1.165) is 5.56 Å². The van der Waals surface area contributed by atoms with Crippen molar-refractivity contribution < 1.29 is 28.7 Å². The number of nitrogens with two attached hydrogens (primary N) is 1. The van der Waals surface area contributed by atoms with E-state index in [1.165, 1.54) is 7.11 Å². The Kier molecular flexibility index (Phi) is 9.49. The monoisotopic (exact) mass is 393 g/mol. The number of hydrogen-bond donors (Lipinski definition) is 3. The first kappa shape index (κ1) is 22.9. The molecule has 0 aliphatic carbocycles. The van der Waals surface area contributed by atoms with E-state index < -0.39 is 42.6 Å². The Hall–Kier alpha value is -3.10. The third kappa shape index (κ3) is 7.65. The molecule has 154 valence electrons. The molecule has 9 nitrogen and oxygen atoms in total. The third-order valence-electron chi connectivity index (χ3n) is 4.21. The van der Waals surface area contributed by atoms with E-state index in [1.807, 2.05) is 13.0 Å². The van der Waals surface area contributed by atoms with Crippen molar-refractivity contribution in [2.75, 3.05) is 13.7 Å². The summed E-state index contributed by atoms with van der Waals surface area (Å²) in [6, 6.07) is 6.19. The molecule has 0 aromatic heterocycles. The first-order valence-electron chi connectivity index (χ1n) is 8.92. The Bertz CT molecular complexity index is 680. The fourth-order valence-corrected chi connectivity index (χ4v) is 2.46. The summed E-state index contributed by atoms with van der Waals surface area (Å²) in [6.07, 6.45) is 0.795. The van der Waals surface area contributed by atoms with Crippen molar-refractivity contribution in [3.8, 4) is 0 Å². The van der Waals surface area contributed by atoms with Crippen LogP contribution in [0.1, 0.15) is 25.8 Å². The number of esters is 2. The second-order valence-corrected chi connectivity index (χ2v) is 6.31. The fourth-order valence-electron chi connectivity index (χ4n) is 2.46. The van der Waals surface area contributed by atoms with Crippen LogP contribution >= 0.6 is 0 Å². The van der Waals surface area contributed by atoms with E-state index in [0.29, 0.717) is 6.42 Å². The summed E-state index contributed by atoms with van der Waals surface area (Å²) in [5, 5.41) is 4.81. The van der Waals surface area contributed by atoms with Gasteiger partial charge in [-0.2, -0.15) is 0 Å². The Morgan fingerprint density at radius 3 is 2.25 bits per heavy atom. The van der Waals surface area contributed by atoms with Crippen LogP contribution in [0.5, 0.6) is 0 Å². The number of urea groups is 1. The van der Waals surface area contributed by atoms with Gasteiger partial charge in [-0.05, 0) is 11.5 Å². The van der Waals surface area contributed by atoms with Crippen LogP contribution in [0, 0.1) is 5.92 Å². The quantitative estimate of drug-likeness (QED) is 0.496. The first-order valence-corrected chi connectivity index (χ1v) is 8.92. The highest BCUT2D eigenvalue weighted by atomic mass is 16.5. The minimum Gasteiger partial charge on any atom is -0.467 e. The van der Waals surface area contributed by atoms with E-state index in [1.54, 1.807) is 31.2 Å². The standard InChI is InChI=1S/C19H27N3O6/c1-4-12(2)16(18(25)27-3)22-15(23)11-28-17(24)14(21-19(20)26)10-13-8-6-5-7-9-13/h5-9,12,14,16H,4,10-11H2,1-3H3,(H,22,23)(H3,20,21,26)/t12-,14-,16+/m0/s1. The highest BCUT2D eigenvalue weighted by Gasteiger charge is 2.28. The topological polar surface area (TPSA) is 137 Å². The zero-order valence-electron chi connectivity index (χ0n) is 16.3. The smallest absolute Gasteiger partial charge is 0.329 e. The summed E-state index contributed by atoms with van der Waals surface area (Å²) >= 11 is 0. The van der Waals surface area contributed by atoms with Gasteiger partial charge in [-0.3, -0.25) is 4.79 Å². The fraction of sp³-hybridized carbons (Fsp3) is 0.474. The molecule has 0 saturated heterocycles. The molecule has 1 aromatic carbocycles. The van der Waals surface area contributed by atoms with Crippen LogP contribution in [-0.4, -0.2) is 49.7 Å². The molecule has 3 amide bonds. The molecule has 3 atom stereocenters. The van der Waals surface area contributed by atoms with Crippen LogP contribution < -0.4 is 16.4 Å². The van der Waals surface area contributed by atoms with Crippen molar-refractivity contribution in [1.82, 2.24) is 10.6 Å². The molecule has 0 aliphatic rings. The number of amides is 3. The van der Waals surface area contributed by atoms with Crippen LogP contribution in [0.3, 0.4) is 0 Å². The summed E-state index contributed by atoms with van der Waals surface area (Å²) in [5.41, 5.74) is 5.90. The molecule has 0 heterocycles. The van der Waals surface area contributed by atoms with Crippen molar-refractivity contribution in [2.24, 2.45) is 11.7 Å². The molecule has 0 fully saturated rings. The van der Waals surface area contributed by atoms with Gasteiger partial charge in [0.1, 0.15) is 12.1 Å². The van der Waals surface area contributed by atoms with Gasteiger partial charge in [-0.15, -0.1) is 0 Å². The second kappa shape index (κ2) is 11.6. The average molecular weight is 393 g/mol. The van der Waals surface area contributed by atoms with Gasteiger partial charge >= 0.3 is 18.0 Å². The molecule has 4 N–H and O–H groups in total. The van der Waals surface area contributed by atoms with Gasteiger partial charge in [0.2, 0.25) is 0 Å². The molecule has 0 spiro atoms. The minimum absolute atomic E-state index is 0.155. The number of hydrogen-bond acceptors (Lipinski definition) is 6. The molecule has 9 heteroatoms. The summed E-state index contributed by atoms with van der Waals surface area (Å²) in [5.74, 6) is -2.20. The van der Waals surface area contributed by atoms with E-state index in [-0.39, 0.29) is 12.3 Å². The molecule has 0 bridgehead atoms. The van der Waals surface area contributed by atoms with Crippen molar-refractivity contribution in [3.05, 3.63) is 35.9 Å². The predicted molar refractivity (Wildman–Crippen MR) is 101 cm³/mol. The zero-order valence-corrected chi connectivity index (χ0v) is 16.3. The minimum atomic E-state index is -1.04. The summed E-state index contributed by atoms with van der Waals surface area (Å²) in [7, 11) is 1.23. The zero-order chi connectivity index (χ0) is 21.1. The SMILES string of the molecule is CC[C@H](C)[C@@H](NC(=O)COC(=O)[C@H](Cc1ccccc1)NC(N)=O)C(=O)OC. The number of benzene rings is 1. The summed E-state index contributed by atoms with van der Waals surface area (Å²) in [6.45, 7) is 3.06. The predicted octanol–water partition coefficient (Wildman–Crippen LogP) is 0.513. The maximum absolute atomic E-state index is 12.3. The van der Waals surface area contributed by atoms with Gasteiger partial charge in [0.15, 0.2) is 6.61 Å². The van der Waals surface area contributed by atoms with Gasteiger partial charge in [0.05, 0.1) is 7.11 Å². The Morgan fingerprint density at radius 1 is 1.07 bits per heavy atom. The molecule has 28 heavy (non-hydrogen) atoms. The van der Waals surface area contributed by atoms with Gasteiger partial charge in [0, 0.05) is 6.42 Å². The van der Waals surface area contributed by atoms with Gasteiger partial charge < -0.3 is 25.8 Å². The first-order chi connectivity index (χ1) is 13.3. The van der Waals surface area contributed by atoms with Crippen LogP contribution in [0.2, 0.25) is 0 Å². The summed E-state index contributed by atoms with van der Waals surface area (Å²) < 4.78 is 9.68. The van der Waals surface area contributed by atoms with E-state index in [9.17, 15) is 19.2 Å². The normalized spacial score (nSPS) is 13.5. The molecular formula is C19H27N3O6. The van der Waals surface area contributed by atoms with Crippen molar-refractivity contribution in [1.29, 1.82) is 0 Å². The highest BCUT2D eigenvalue weighted by molar-refractivity contribution is 5.88. The van der Waals surface area contributed by atoms with E-state index >= 15 is 0 Å². The average Bonchev–Trinajstić information content (AvgIpc) is 2.68. The van der Waals surface area contributed by atoms with Crippen LogP contribution in [-0.2, 0) is 30.3 Å². The number of ether oxygens (including phenoxy) is 2. The largest absolute Gasteiger partial charge is 0.467 e. The lowest BCUT2D eigenvalue weighted by atomic mass is 9.99. The third-order valence-corrected chi connectivity index (χ3v) is 4.21. The van der Waals surface area contributed by atoms with E-state index in [2.05, 4.69) is 15.4 Å². The molecule has 1 aromatic rings. The van der Waals surface area contributed by atoms with Crippen LogP contribution in [0.15, 0.2) is 30.3 Å². The number of methoxy groups -OCH3 is 1. The number of carbonyl (C=O) groups excluding carboxylic acids is 4. The Balaban J connectivity index is 2.67. The van der Waals surface area contributed by atoms with Gasteiger partial charge in [-0.1, -0.05) is 50.6 Å². The summed E-state index contributed by atoms with van der Waals surface area (Å²) in [4.78, 5) is 47.4. The number of nitrogens with one attached hydrogen (secondary N) is 2. The van der Waals surface area contributed by atoms with Gasteiger partial charge in [0.25, 0.3) is 5.91 Å². The molecular weight excluding hydrogens is 366 g/mol. The lowest BCUT2D eigenvalue weighted by Crippen LogP contribution is -2.49. The Labute approximate surface area is 163 Å². The lowest BCUT2D eigenvalue weighted by Gasteiger charge is -2.22. The van der Waals surface area contributed by atoms with Crippen molar-refractivity contribution in [2.45, 2.75) is 38.8 Å². The molecule has 0 unspecified atom stereocenters. The number of rotatable bonds is 10. The van der Waals surface area contributed by atoms with Crippen molar-refractivity contribution in [3.63, 3.8) is 0 Å². The van der Waals surface area contributed by atoms with Crippen LogP contribution in [0.25, 0.3) is 0 Å². The molecule has 1 rings (SSSR count). The number of primary amides is 1. The maximum atomic E-state index is 12.3. The molecule has 0 aliphatic heterocycles. The molecule has 0 radical (unpaired) electrons.